The van der Waals surface area contributed by atoms with Gasteiger partial charge in [0.25, 0.3) is 5.91 Å². The lowest BCUT2D eigenvalue weighted by Gasteiger charge is -2.16. The van der Waals surface area contributed by atoms with Crippen molar-refractivity contribution < 1.29 is 19.0 Å². The Kier molecular flexibility index (Phi) is 9.09. The molecule has 1 N–H and O–H groups in total. The molecular weight excluding hydrogens is 296 g/mol. The highest BCUT2D eigenvalue weighted by molar-refractivity contribution is 5.94. The zero-order valence-electron chi connectivity index (χ0n) is 14.6. The van der Waals surface area contributed by atoms with Gasteiger partial charge >= 0.3 is 0 Å². The number of likely N-dealkylation sites (N-methyl/N-ethyl adjacent to an activating group) is 1. The molecule has 1 amide bonds. The van der Waals surface area contributed by atoms with Crippen molar-refractivity contribution in [3.63, 3.8) is 0 Å². The molecule has 0 spiro atoms. The summed E-state index contributed by atoms with van der Waals surface area (Å²) in [6.07, 6.45) is 0. The van der Waals surface area contributed by atoms with Gasteiger partial charge in [0.1, 0.15) is 0 Å². The highest BCUT2D eigenvalue weighted by atomic mass is 16.5. The van der Waals surface area contributed by atoms with Crippen molar-refractivity contribution in [2.75, 3.05) is 53.6 Å². The minimum Gasteiger partial charge on any atom is -0.490 e. The Labute approximate surface area is 138 Å². The summed E-state index contributed by atoms with van der Waals surface area (Å²) in [4.78, 5) is 14.3. The highest BCUT2D eigenvalue weighted by Gasteiger charge is 2.11. The van der Waals surface area contributed by atoms with Crippen LogP contribution < -0.4 is 14.8 Å². The summed E-state index contributed by atoms with van der Waals surface area (Å²) in [5, 5.41) is 2.91. The number of hydrogen-bond donors (Lipinski definition) is 1. The van der Waals surface area contributed by atoms with Crippen molar-refractivity contribution in [3.05, 3.63) is 23.8 Å². The molecule has 130 valence electrons. The smallest absolute Gasteiger partial charge is 0.251 e. The molecule has 0 aromatic heterocycles. The van der Waals surface area contributed by atoms with Crippen molar-refractivity contribution in [1.82, 2.24) is 10.2 Å². The first-order valence-corrected chi connectivity index (χ1v) is 7.97. The van der Waals surface area contributed by atoms with Gasteiger partial charge in [-0.05, 0) is 39.1 Å². The van der Waals surface area contributed by atoms with Gasteiger partial charge in [-0.3, -0.25) is 4.79 Å². The van der Waals surface area contributed by atoms with E-state index in [9.17, 15) is 4.79 Å². The van der Waals surface area contributed by atoms with Crippen molar-refractivity contribution >= 4 is 5.91 Å². The minimum atomic E-state index is -0.117. The number of methoxy groups -OCH3 is 1. The van der Waals surface area contributed by atoms with Gasteiger partial charge in [0.05, 0.1) is 19.8 Å². The van der Waals surface area contributed by atoms with Crippen LogP contribution in [0.5, 0.6) is 11.5 Å². The molecule has 0 saturated carbocycles. The second-order valence-electron chi connectivity index (χ2n) is 5.08. The van der Waals surface area contributed by atoms with Crippen LogP contribution in [-0.2, 0) is 4.74 Å². The van der Waals surface area contributed by atoms with Crippen LogP contribution >= 0.6 is 0 Å². The molecule has 0 saturated heterocycles. The van der Waals surface area contributed by atoms with E-state index >= 15 is 0 Å². The first-order valence-electron chi connectivity index (χ1n) is 7.97. The molecule has 1 aromatic carbocycles. The van der Waals surface area contributed by atoms with Crippen molar-refractivity contribution in [2.24, 2.45) is 0 Å². The van der Waals surface area contributed by atoms with Gasteiger partial charge in [0, 0.05) is 32.3 Å². The molecule has 0 unspecified atom stereocenters. The van der Waals surface area contributed by atoms with Gasteiger partial charge in [-0.25, -0.2) is 0 Å². The normalized spacial score (nSPS) is 10.7. The third kappa shape index (κ3) is 6.88. The number of amides is 1. The Morgan fingerprint density at radius 3 is 2.48 bits per heavy atom. The monoisotopic (exact) mass is 324 g/mol. The number of carbonyl (C=O) groups excluding carboxylic acids is 1. The van der Waals surface area contributed by atoms with Gasteiger partial charge in [-0.2, -0.15) is 0 Å². The molecule has 23 heavy (non-hydrogen) atoms. The van der Waals surface area contributed by atoms with E-state index in [1.807, 2.05) is 20.9 Å². The largest absolute Gasteiger partial charge is 0.490 e. The zero-order valence-corrected chi connectivity index (χ0v) is 14.6. The molecule has 0 aliphatic rings. The number of ether oxygens (including phenoxy) is 3. The zero-order chi connectivity index (χ0) is 17.1. The predicted octanol–water partition coefficient (Wildman–Crippen LogP) is 1.79. The second kappa shape index (κ2) is 10.9. The minimum absolute atomic E-state index is 0.117. The molecule has 0 heterocycles. The lowest BCUT2D eigenvalue weighted by molar-refractivity contribution is 0.0947. The summed E-state index contributed by atoms with van der Waals surface area (Å²) in [5.74, 6) is 1.14. The Balaban J connectivity index is 2.56. The highest BCUT2D eigenvalue weighted by Crippen LogP contribution is 2.28. The molecule has 6 nitrogen and oxygen atoms in total. The van der Waals surface area contributed by atoms with Gasteiger partial charge in [0.2, 0.25) is 0 Å². The first-order chi connectivity index (χ1) is 11.1. The van der Waals surface area contributed by atoms with E-state index in [2.05, 4.69) is 10.2 Å². The van der Waals surface area contributed by atoms with Crippen LogP contribution in [0.2, 0.25) is 0 Å². The van der Waals surface area contributed by atoms with Gasteiger partial charge < -0.3 is 24.4 Å². The van der Waals surface area contributed by atoms with Gasteiger partial charge in [0.15, 0.2) is 11.5 Å². The molecule has 0 aliphatic carbocycles. The number of rotatable bonds is 11. The van der Waals surface area contributed by atoms with Crippen molar-refractivity contribution in [2.45, 2.75) is 13.8 Å². The molecule has 0 fully saturated rings. The fourth-order valence-corrected chi connectivity index (χ4v) is 2.01. The summed E-state index contributed by atoms with van der Waals surface area (Å²) in [7, 11) is 3.67. The Hall–Kier alpha value is -1.79. The average molecular weight is 324 g/mol. The number of benzene rings is 1. The lowest BCUT2D eigenvalue weighted by atomic mass is 10.2. The van der Waals surface area contributed by atoms with E-state index in [4.69, 9.17) is 14.2 Å². The van der Waals surface area contributed by atoms with Crippen LogP contribution in [0.3, 0.4) is 0 Å². The second-order valence-corrected chi connectivity index (χ2v) is 5.08. The number of hydrogen-bond acceptors (Lipinski definition) is 5. The predicted molar refractivity (Wildman–Crippen MR) is 90.5 cm³/mol. The van der Waals surface area contributed by atoms with Crippen molar-refractivity contribution in [3.8, 4) is 11.5 Å². The third-order valence-corrected chi connectivity index (χ3v) is 3.26. The maximum atomic E-state index is 12.2. The van der Waals surface area contributed by atoms with Crippen LogP contribution in [0.4, 0.5) is 0 Å². The quantitative estimate of drug-likeness (QED) is 0.672. The maximum Gasteiger partial charge on any atom is 0.251 e. The molecular formula is C17H28N2O4. The van der Waals surface area contributed by atoms with Crippen LogP contribution in [0.25, 0.3) is 0 Å². The van der Waals surface area contributed by atoms with Gasteiger partial charge in [-0.15, -0.1) is 0 Å². The molecule has 0 aliphatic heterocycles. The molecule has 6 heteroatoms. The SMILES string of the molecule is CCOc1ccc(C(=O)NCCN(C)CCOC)cc1OCC. The Morgan fingerprint density at radius 1 is 1.13 bits per heavy atom. The number of nitrogens with one attached hydrogen (secondary N) is 1. The summed E-state index contributed by atoms with van der Waals surface area (Å²) in [6.45, 7) is 7.76. The van der Waals surface area contributed by atoms with E-state index in [1.165, 1.54) is 0 Å². The third-order valence-electron chi connectivity index (χ3n) is 3.26. The lowest BCUT2D eigenvalue weighted by Crippen LogP contribution is -2.34. The number of nitrogens with zero attached hydrogens (tertiary/aromatic N) is 1. The molecule has 1 aromatic rings. The topological polar surface area (TPSA) is 60.0 Å². The van der Waals surface area contributed by atoms with Crippen LogP contribution in [0.1, 0.15) is 24.2 Å². The maximum absolute atomic E-state index is 12.2. The van der Waals surface area contributed by atoms with Crippen LogP contribution in [0, 0.1) is 0 Å². The molecule has 1 rings (SSSR count). The summed E-state index contributed by atoms with van der Waals surface area (Å²) >= 11 is 0. The van der Waals surface area contributed by atoms with E-state index < -0.39 is 0 Å². The fraction of sp³-hybridized carbons (Fsp3) is 0.588. The summed E-state index contributed by atoms with van der Waals surface area (Å²) in [5.41, 5.74) is 0.566. The first kappa shape index (κ1) is 19.3. The van der Waals surface area contributed by atoms with E-state index in [1.54, 1.807) is 25.3 Å². The molecule has 0 atom stereocenters. The molecule has 0 bridgehead atoms. The number of carbonyl (C=O) groups is 1. The van der Waals surface area contributed by atoms with Crippen molar-refractivity contribution in [1.29, 1.82) is 0 Å². The van der Waals surface area contributed by atoms with E-state index in [0.29, 0.717) is 43.4 Å². The molecule has 0 radical (unpaired) electrons. The van der Waals surface area contributed by atoms with E-state index in [-0.39, 0.29) is 5.91 Å². The Bertz CT molecular complexity index is 480. The summed E-state index contributed by atoms with van der Waals surface area (Å²) < 4.78 is 16.1. The fourth-order valence-electron chi connectivity index (χ4n) is 2.01. The van der Waals surface area contributed by atoms with E-state index in [0.717, 1.165) is 13.1 Å². The standard InChI is InChI=1S/C17H28N2O4/c1-5-22-15-8-7-14(13-16(15)23-6-2)17(20)18-9-10-19(3)11-12-21-4/h7-8,13H,5-6,9-12H2,1-4H3,(H,18,20). The average Bonchev–Trinajstić information content (AvgIpc) is 2.54. The van der Waals surface area contributed by atoms with Crippen LogP contribution in [-0.4, -0.2) is 64.4 Å². The Morgan fingerprint density at radius 2 is 1.83 bits per heavy atom. The summed E-state index contributed by atoms with van der Waals surface area (Å²) in [6, 6.07) is 5.24. The van der Waals surface area contributed by atoms with Gasteiger partial charge in [-0.1, -0.05) is 0 Å². The van der Waals surface area contributed by atoms with Crippen LogP contribution in [0.15, 0.2) is 18.2 Å².